The zero-order chi connectivity index (χ0) is 23.5. The first-order chi connectivity index (χ1) is 15.9. The lowest BCUT2D eigenvalue weighted by Gasteiger charge is -2.32. The zero-order valence-electron chi connectivity index (χ0n) is 18.8. The van der Waals surface area contributed by atoms with Crippen LogP contribution in [0.2, 0.25) is 5.02 Å². The Balaban J connectivity index is 1.74. The minimum atomic E-state index is -0.257. The molecule has 7 nitrogen and oxygen atoms in total. The largest absolute Gasteiger partial charge is 0.492 e. The van der Waals surface area contributed by atoms with E-state index in [1.165, 1.54) is 0 Å². The van der Waals surface area contributed by atoms with Gasteiger partial charge in [-0.2, -0.15) is 0 Å². The van der Waals surface area contributed by atoms with Crippen LogP contribution in [0, 0.1) is 13.8 Å². The second-order valence-electron chi connectivity index (χ2n) is 8.58. The maximum Gasteiger partial charge on any atom is 0.313 e. The molecular weight excluding hydrogens is 442 g/mol. The van der Waals surface area contributed by atoms with E-state index in [-0.39, 0.29) is 11.6 Å². The monoisotopic (exact) mass is 469 g/mol. The molecule has 1 unspecified atom stereocenters. The van der Waals surface area contributed by atoms with Crippen LogP contribution in [0.1, 0.15) is 36.8 Å². The Bertz CT molecular complexity index is 1220. The second-order valence-corrected chi connectivity index (χ2v) is 8.99. The van der Waals surface area contributed by atoms with Gasteiger partial charge in [-0.3, -0.25) is 9.59 Å². The molecule has 0 saturated carbocycles. The van der Waals surface area contributed by atoms with Crippen LogP contribution in [0.3, 0.4) is 0 Å². The smallest absolute Gasteiger partial charge is 0.313 e. The molecule has 3 aromatic rings. The number of fused-ring (bicyclic) bond motifs is 1. The summed E-state index contributed by atoms with van der Waals surface area (Å²) in [5.41, 5.74) is 10.1. The van der Waals surface area contributed by atoms with Crippen molar-refractivity contribution in [3.63, 3.8) is 0 Å². The number of anilines is 1. The summed E-state index contributed by atoms with van der Waals surface area (Å²) in [7, 11) is 0. The van der Waals surface area contributed by atoms with Crippen LogP contribution >= 0.6 is 11.6 Å². The molecular formula is C25H28ClN3O4. The molecule has 3 N–H and O–H groups in total. The molecule has 2 heterocycles. The van der Waals surface area contributed by atoms with Crippen LogP contribution in [0.4, 0.5) is 5.69 Å². The lowest BCUT2D eigenvalue weighted by atomic mass is 9.99. The molecule has 0 bridgehead atoms. The number of aromatic nitrogens is 1. The standard InChI is InChI=1S/C25H28ClN3O4/c1-15-9-16(2)11-17(10-15)23-24(19-12-21(27)20(26)13-22(19)28-25(23)31)32-8-6-18-5-3-4-7-29(18)33-14-30/h9-14,18H,3-8,27H2,1-2H3,(H,28,31). The van der Waals surface area contributed by atoms with Gasteiger partial charge in [0.15, 0.2) is 0 Å². The van der Waals surface area contributed by atoms with E-state index >= 15 is 0 Å². The van der Waals surface area contributed by atoms with Crippen molar-refractivity contribution in [2.45, 2.75) is 45.6 Å². The highest BCUT2D eigenvalue weighted by molar-refractivity contribution is 6.34. The van der Waals surface area contributed by atoms with Gasteiger partial charge >= 0.3 is 6.47 Å². The summed E-state index contributed by atoms with van der Waals surface area (Å²) < 4.78 is 6.30. The van der Waals surface area contributed by atoms with E-state index in [4.69, 9.17) is 26.9 Å². The quantitative estimate of drug-likeness (QED) is 0.382. The highest BCUT2D eigenvalue weighted by Gasteiger charge is 2.25. The van der Waals surface area contributed by atoms with Crippen molar-refractivity contribution in [1.29, 1.82) is 0 Å². The van der Waals surface area contributed by atoms with Crippen molar-refractivity contribution < 1.29 is 14.4 Å². The summed E-state index contributed by atoms with van der Waals surface area (Å²) in [5, 5.41) is 2.78. The Labute approximate surface area is 197 Å². The van der Waals surface area contributed by atoms with Crippen LogP contribution in [-0.4, -0.2) is 35.7 Å². The number of carbonyl (C=O) groups excluding carboxylic acids is 1. The van der Waals surface area contributed by atoms with E-state index in [9.17, 15) is 9.59 Å². The van der Waals surface area contributed by atoms with Crippen molar-refractivity contribution in [1.82, 2.24) is 10.0 Å². The number of hydrogen-bond acceptors (Lipinski definition) is 6. The number of ether oxygens (including phenoxy) is 1. The van der Waals surface area contributed by atoms with E-state index in [0.29, 0.717) is 59.0 Å². The van der Waals surface area contributed by atoms with Gasteiger partial charge in [-0.25, -0.2) is 0 Å². The van der Waals surface area contributed by atoms with Crippen LogP contribution in [0.25, 0.3) is 22.0 Å². The number of nitrogens with two attached hydrogens (primary N) is 1. The predicted molar refractivity (Wildman–Crippen MR) is 131 cm³/mol. The van der Waals surface area contributed by atoms with Crippen LogP contribution in [0.5, 0.6) is 5.75 Å². The Hall–Kier alpha value is -3.03. The number of aryl methyl sites for hydroxylation is 2. The number of benzene rings is 2. The molecule has 0 radical (unpaired) electrons. The van der Waals surface area contributed by atoms with Gasteiger partial charge in [0.2, 0.25) is 0 Å². The number of H-pyrrole nitrogens is 1. The van der Waals surface area contributed by atoms with E-state index in [2.05, 4.69) is 11.1 Å². The maximum atomic E-state index is 13.2. The number of nitrogen functional groups attached to an aromatic ring is 1. The molecule has 0 aliphatic carbocycles. The summed E-state index contributed by atoms with van der Waals surface area (Å²) >= 11 is 6.21. The molecule has 0 amide bonds. The van der Waals surface area contributed by atoms with E-state index in [0.717, 1.165) is 36.0 Å². The fraction of sp³-hybridized carbons (Fsp3) is 0.360. The summed E-state index contributed by atoms with van der Waals surface area (Å²) in [5.74, 6) is 0.473. The maximum absolute atomic E-state index is 13.2. The van der Waals surface area contributed by atoms with Gasteiger partial charge in [-0.1, -0.05) is 47.3 Å². The Morgan fingerprint density at radius 2 is 1.94 bits per heavy atom. The third-order valence-electron chi connectivity index (χ3n) is 6.04. The number of rotatable bonds is 7. The lowest BCUT2D eigenvalue weighted by Crippen LogP contribution is -2.40. The summed E-state index contributed by atoms with van der Waals surface area (Å²) in [4.78, 5) is 32.1. The van der Waals surface area contributed by atoms with Crippen molar-refractivity contribution in [3.05, 3.63) is 56.8 Å². The fourth-order valence-electron chi connectivity index (χ4n) is 4.59. The first-order valence-electron chi connectivity index (χ1n) is 11.1. The minimum absolute atomic E-state index is 0.0707. The Morgan fingerprint density at radius 3 is 2.67 bits per heavy atom. The number of piperidine rings is 1. The third-order valence-corrected chi connectivity index (χ3v) is 6.37. The van der Waals surface area contributed by atoms with Crippen molar-refractivity contribution in [3.8, 4) is 16.9 Å². The number of nitrogens with zero attached hydrogens (tertiary/aromatic N) is 1. The lowest BCUT2D eigenvalue weighted by molar-refractivity contribution is -0.193. The van der Waals surface area contributed by atoms with Gasteiger partial charge in [0.05, 0.1) is 28.4 Å². The molecule has 4 rings (SSSR count). The molecule has 0 spiro atoms. The van der Waals surface area contributed by atoms with Gasteiger partial charge in [0.1, 0.15) is 5.75 Å². The zero-order valence-corrected chi connectivity index (χ0v) is 19.6. The topological polar surface area (TPSA) is 97.7 Å². The van der Waals surface area contributed by atoms with Gasteiger partial charge in [0.25, 0.3) is 5.56 Å². The molecule has 1 aliphatic rings. The van der Waals surface area contributed by atoms with Gasteiger partial charge in [0, 0.05) is 24.4 Å². The Kier molecular flexibility index (Phi) is 6.91. The molecule has 2 aromatic carbocycles. The second kappa shape index (κ2) is 9.85. The minimum Gasteiger partial charge on any atom is -0.492 e. The number of aromatic amines is 1. The average Bonchev–Trinajstić information content (AvgIpc) is 2.75. The fourth-order valence-corrected chi connectivity index (χ4v) is 4.75. The average molecular weight is 470 g/mol. The van der Waals surface area contributed by atoms with E-state index < -0.39 is 0 Å². The number of hydroxylamine groups is 2. The van der Waals surface area contributed by atoms with Crippen molar-refractivity contribution >= 4 is 34.7 Å². The van der Waals surface area contributed by atoms with Crippen LogP contribution < -0.4 is 16.0 Å². The molecule has 1 atom stereocenters. The summed E-state index contributed by atoms with van der Waals surface area (Å²) in [6, 6.07) is 9.44. The number of halogens is 1. The van der Waals surface area contributed by atoms with Crippen LogP contribution in [-0.2, 0) is 9.63 Å². The van der Waals surface area contributed by atoms with Crippen molar-refractivity contribution in [2.75, 3.05) is 18.9 Å². The molecule has 1 aliphatic heterocycles. The number of nitrogens with one attached hydrogen (secondary N) is 1. The number of carbonyl (C=O) groups is 1. The molecule has 8 heteroatoms. The molecule has 1 fully saturated rings. The predicted octanol–water partition coefficient (Wildman–Crippen LogP) is 4.76. The van der Waals surface area contributed by atoms with Crippen molar-refractivity contribution in [2.24, 2.45) is 0 Å². The molecule has 174 valence electrons. The normalized spacial score (nSPS) is 16.6. The number of hydrogen-bond donors (Lipinski definition) is 2. The van der Waals surface area contributed by atoms with Crippen LogP contribution in [0.15, 0.2) is 35.1 Å². The first-order valence-corrected chi connectivity index (χ1v) is 11.5. The highest BCUT2D eigenvalue weighted by Crippen LogP contribution is 2.37. The Morgan fingerprint density at radius 1 is 1.18 bits per heavy atom. The SMILES string of the molecule is Cc1cc(C)cc(-c2c(OCCC3CCCCN3OC=O)c3cc(N)c(Cl)cc3[nH]c2=O)c1. The van der Waals surface area contributed by atoms with Gasteiger partial charge in [-0.15, -0.1) is 5.06 Å². The van der Waals surface area contributed by atoms with E-state index in [1.807, 2.05) is 26.0 Å². The highest BCUT2D eigenvalue weighted by atomic mass is 35.5. The molecule has 1 saturated heterocycles. The summed E-state index contributed by atoms with van der Waals surface area (Å²) in [6.07, 6.45) is 3.62. The first kappa shape index (κ1) is 23.1. The van der Waals surface area contributed by atoms with E-state index in [1.54, 1.807) is 17.2 Å². The molecule has 1 aromatic heterocycles. The van der Waals surface area contributed by atoms with Gasteiger partial charge in [-0.05, 0) is 44.4 Å². The number of pyridine rings is 1. The third kappa shape index (κ3) is 4.99. The summed E-state index contributed by atoms with van der Waals surface area (Å²) in [6.45, 7) is 5.51. The van der Waals surface area contributed by atoms with Gasteiger partial charge < -0.3 is 20.3 Å². The molecule has 33 heavy (non-hydrogen) atoms.